The third-order valence-corrected chi connectivity index (χ3v) is 4.32. The Morgan fingerprint density at radius 1 is 0.840 bits per heavy atom. The fourth-order valence-electron chi connectivity index (χ4n) is 2.93. The van der Waals surface area contributed by atoms with E-state index in [0.717, 1.165) is 39.4 Å². The summed E-state index contributed by atoms with van der Waals surface area (Å²) in [5, 5.41) is 3.54. The van der Waals surface area contributed by atoms with E-state index >= 15 is 0 Å². The first-order valence-corrected chi connectivity index (χ1v) is 8.57. The number of benzene rings is 2. The van der Waals surface area contributed by atoms with Crippen molar-refractivity contribution in [2.45, 2.75) is 13.0 Å². The van der Waals surface area contributed by atoms with E-state index in [9.17, 15) is 0 Å². The summed E-state index contributed by atoms with van der Waals surface area (Å²) in [6.45, 7) is 7.13. The van der Waals surface area contributed by atoms with Gasteiger partial charge in [0, 0.05) is 19.6 Å². The van der Waals surface area contributed by atoms with Gasteiger partial charge in [0.1, 0.15) is 0 Å². The van der Waals surface area contributed by atoms with Crippen molar-refractivity contribution in [3.8, 4) is 11.1 Å². The van der Waals surface area contributed by atoms with Gasteiger partial charge < -0.3 is 10.1 Å². The van der Waals surface area contributed by atoms with E-state index in [-0.39, 0.29) is 24.8 Å². The third-order valence-electron chi connectivity index (χ3n) is 4.32. The van der Waals surface area contributed by atoms with Crippen LogP contribution in [0.15, 0.2) is 54.6 Å². The van der Waals surface area contributed by atoms with E-state index in [1.807, 2.05) is 0 Å². The Labute approximate surface area is 163 Å². The predicted octanol–water partition coefficient (Wildman–Crippen LogP) is 4.01. The van der Waals surface area contributed by atoms with Gasteiger partial charge in [0.15, 0.2) is 0 Å². The number of ether oxygens (including phenoxy) is 1. The number of hydrogen-bond acceptors (Lipinski definition) is 3. The maximum absolute atomic E-state index is 5.37. The van der Waals surface area contributed by atoms with Crippen LogP contribution in [0.1, 0.15) is 12.0 Å². The molecule has 25 heavy (non-hydrogen) atoms. The van der Waals surface area contributed by atoms with Crippen LogP contribution >= 0.6 is 24.8 Å². The van der Waals surface area contributed by atoms with E-state index in [1.54, 1.807) is 0 Å². The van der Waals surface area contributed by atoms with Crippen LogP contribution in [0, 0.1) is 0 Å². The van der Waals surface area contributed by atoms with Gasteiger partial charge in [-0.1, -0.05) is 54.6 Å². The minimum Gasteiger partial charge on any atom is -0.379 e. The van der Waals surface area contributed by atoms with Crippen LogP contribution in [-0.2, 0) is 11.3 Å². The molecule has 3 rings (SSSR count). The Kier molecular flexibility index (Phi) is 10.8. The lowest BCUT2D eigenvalue weighted by Crippen LogP contribution is -2.37. The summed E-state index contributed by atoms with van der Waals surface area (Å²) in [6.07, 6.45) is 1.20. The van der Waals surface area contributed by atoms with E-state index < -0.39 is 0 Å². The zero-order valence-corrected chi connectivity index (χ0v) is 16.2. The maximum Gasteiger partial charge on any atom is 0.0594 e. The van der Waals surface area contributed by atoms with Gasteiger partial charge in [-0.3, -0.25) is 4.90 Å². The van der Waals surface area contributed by atoms with Crippen LogP contribution in [-0.4, -0.2) is 44.3 Å². The molecule has 1 aliphatic rings. The predicted molar refractivity (Wildman–Crippen MR) is 110 cm³/mol. The van der Waals surface area contributed by atoms with Gasteiger partial charge in [0.25, 0.3) is 0 Å². The highest BCUT2D eigenvalue weighted by Crippen LogP contribution is 2.19. The molecular formula is C20H28Cl2N2O. The van der Waals surface area contributed by atoms with Crippen molar-refractivity contribution in [3.63, 3.8) is 0 Å². The Morgan fingerprint density at radius 2 is 1.48 bits per heavy atom. The van der Waals surface area contributed by atoms with Crippen molar-refractivity contribution >= 4 is 24.8 Å². The molecular weight excluding hydrogens is 355 g/mol. The molecule has 2 aromatic carbocycles. The number of rotatable bonds is 7. The van der Waals surface area contributed by atoms with Crippen LogP contribution in [0.25, 0.3) is 11.1 Å². The summed E-state index contributed by atoms with van der Waals surface area (Å²) < 4.78 is 5.37. The fraction of sp³-hybridized carbons (Fsp3) is 0.400. The van der Waals surface area contributed by atoms with E-state index in [0.29, 0.717) is 0 Å². The second-order valence-corrected chi connectivity index (χ2v) is 6.05. The third kappa shape index (κ3) is 7.35. The van der Waals surface area contributed by atoms with Gasteiger partial charge in [-0.2, -0.15) is 0 Å². The quantitative estimate of drug-likeness (QED) is 0.732. The van der Waals surface area contributed by atoms with Crippen molar-refractivity contribution in [2.75, 3.05) is 39.4 Å². The zero-order chi connectivity index (χ0) is 15.7. The summed E-state index contributed by atoms with van der Waals surface area (Å²) in [5.41, 5.74) is 3.90. The summed E-state index contributed by atoms with van der Waals surface area (Å²) in [7, 11) is 0. The van der Waals surface area contributed by atoms with Crippen molar-refractivity contribution in [2.24, 2.45) is 0 Å². The molecule has 5 heteroatoms. The number of nitrogens with one attached hydrogen (secondary N) is 1. The SMILES string of the molecule is Cl.Cl.c1ccc(-c2ccc(CNCCCN3CCOCC3)cc2)cc1. The molecule has 1 N–H and O–H groups in total. The summed E-state index contributed by atoms with van der Waals surface area (Å²) in [4.78, 5) is 2.49. The standard InChI is InChI=1S/C20H26N2O.2ClH/c1-2-5-19(6-3-1)20-9-7-18(8-10-20)17-21-11-4-12-22-13-15-23-16-14-22;;/h1-3,5-10,21H,4,11-17H2;2*1H. The number of hydrogen-bond donors (Lipinski definition) is 1. The fourth-order valence-corrected chi connectivity index (χ4v) is 2.93. The summed E-state index contributed by atoms with van der Waals surface area (Å²) in [6, 6.07) is 19.4. The molecule has 1 heterocycles. The average Bonchev–Trinajstić information content (AvgIpc) is 2.64. The zero-order valence-electron chi connectivity index (χ0n) is 14.5. The summed E-state index contributed by atoms with van der Waals surface area (Å²) >= 11 is 0. The van der Waals surface area contributed by atoms with Crippen molar-refractivity contribution in [1.82, 2.24) is 10.2 Å². The first kappa shape index (κ1) is 21.9. The molecule has 0 bridgehead atoms. The molecule has 0 saturated carbocycles. The first-order valence-electron chi connectivity index (χ1n) is 8.57. The van der Waals surface area contributed by atoms with Gasteiger partial charge in [-0.05, 0) is 36.2 Å². The van der Waals surface area contributed by atoms with Crippen molar-refractivity contribution in [1.29, 1.82) is 0 Å². The summed E-state index contributed by atoms with van der Waals surface area (Å²) in [5.74, 6) is 0. The highest BCUT2D eigenvalue weighted by atomic mass is 35.5. The maximum atomic E-state index is 5.37. The monoisotopic (exact) mass is 382 g/mol. The molecule has 0 radical (unpaired) electrons. The molecule has 3 nitrogen and oxygen atoms in total. The lowest BCUT2D eigenvalue weighted by molar-refractivity contribution is 0.0374. The molecule has 1 fully saturated rings. The second kappa shape index (κ2) is 12.3. The number of halogens is 2. The van der Waals surface area contributed by atoms with Crippen LogP contribution in [0.4, 0.5) is 0 Å². The Bertz CT molecular complexity index is 572. The Balaban J connectivity index is 0.00000156. The molecule has 0 spiro atoms. The van der Waals surface area contributed by atoms with Gasteiger partial charge in [0.2, 0.25) is 0 Å². The van der Waals surface area contributed by atoms with Crippen LogP contribution in [0.5, 0.6) is 0 Å². The highest BCUT2D eigenvalue weighted by molar-refractivity contribution is 5.85. The largest absolute Gasteiger partial charge is 0.379 e. The van der Waals surface area contributed by atoms with Gasteiger partial charge >= 0.3 is 0 Å². The topological polar surface area (TPSA) is 24.5 Å². The molecule has 0 unspecified atom stereocenters. The Hall–Kier alpha value is -1.10. The molecule has 2 aromatic rings. The van der Waals surface area contributed by atoms with Gasteiger partial charge in [-0.15, -0.1) is 24.8 Å². The van der Waals surface area contributed by atoms with Crippen LogP contribution in [0.3, 0.4) is 0 Å². The lowest BCUT2D eigenvalue weighted by atomic mass is 10.0. The number of nitrogens with zero attached hydrogens (tertiary/aromatic N) is 1. The molecule has 138 valence electrons. The average molecular weight is 383 g/mol. The minimum absolute atomic E-state index is 0. The van der Waals surface area contributed by atoms with Gasteiger partial charge in [-0.25, -0.2) is 0 Å². The smallest absolute Gasteiger partial charge is 0.0594 e. The van der Waals surface area contributed by atoms with Gasteiger partial charge in [0.05, 0.1) is 13.2 Å². The van der Waals surface area contributed by atoms with Crippen LogP contribution in [0.2, 0.25) is 0 Å². The molecule has 0 amide bonds. The molecule has 0 aliphatic carbocycles. The van der Waals surface area contributed by atoms with E-state index in [2.05, 4.69) is 64.8 Å². The molecule has 0 aromatic heterocycles. The van der Waals surface area contributed by atoms with E-state index in [4.69, 9.17) is 4.74 Å². The van der Waals surface area contributed by atoms with Crippen molar-refractivity contribution in [3.05, 3.63) is 60.2 Å². The number of morpholine rings is 1. The van der Waals surface area contributed by atoms with Crippen LogP contribution < -0.4 is 5.32 Å². The van der Waals surface area contributed by atoms with Crippen molar-refractivity contribution < 1.29 is 4.74 Å². The Morgan fingerprint density at radius 3 is 2.16 bits per heavy atom. The minimum atomic E-state index is 0. The first-order chi connectivity index (χ1) is 11.4. The highest BCUT2D eigenvalue weighted by Gasteiger charge is 2.08. The van der Waals surface area contributed by atoms with E-state index in [1.165, 1.54) is 29.7 Å². The molecule has 1 saturated heterocycles. The normalized spacial score (nSPS) is 14.4. The second-order valence-electron chi connectivity index (χ2n) is 6.05. The lowest BCUT2D eigenvalue weighted by Gasteiger charge is -2.26. The molecule has 0 atom stereocenters. The molecule has 1 aliphatic heterocycles.